The monoisotopic (exact) mass is 339 g/mol. The van der Waals surface area contributed by atoms with Gasteiger partial charge in [-0.1, -0.05) is 29.8 Å². The number of para-hydroxylation sites is 1. The SMILES string of the molecule is Cc1cc(C)c(CNc2ccccc2S(=O)(=O)C(F)F)c(C)c1. The number of sulfone groups is 1. The quantitative estimate of drug-likeness (QED) is 0.887. The maximum absolute atomic E-state index is 12.8. The van der Waals surface area contributed by atoms with Crippen molar-refractivity contribution in [3.05, 3.63) is 58.7 Å². The Balaban J connectivity index is 2.33. The Morgan fingerprint density at radius 3 is 2.17 bits per heavy atom. The third-order valence-corrected chi connectivity index (χ3v) is 5.16. The van der Waals surface area contributed by atoms with Crippen molar-refractivity contribution in [1.82, 2.24) is 0 Å². The largest absolute Gasteiger partial charge is 0.380 e. The molecule has 0 fully saturated rings. The molecule has 0 radical (unpaired) electrons. The lowest BCUT2D eigenvalue weighted by Gasteiger charge is -2.15. The van der Waals surface area contributed by atoms with Crippen molar-refractivity contribution in [2.75, 3.05) is 5.32 Å². The second-order valence-corrected chi connectivity index (χ2v) is 7.42. The minimum Gasteiger partial charge on any atom is -0.380 e. The first kappa shape index (κ1) is 17.4. The van der Waals surface area contributed by atoms with E-state index in [9.17, 15) is 17.2 Å². The van der Waals surface area contributed by atoms with Crippen LogP contribution in [0.5, 0.6) is 0 Å². The normalized spacial score (nSPS) is 11.7. The first-order chi connectivity index (χ1) is 10.7. The molecule has 0 unspecified atom stereocenters. The zero-order valence-electron chi connectivity index (χ0n) is 13.2. The van der Waals surface area contributed by atoms with E-state index in [1.54, 1.807) is 6.07 Å². The number of alkyl halides is 2. The predicted octanol–water partition coefficient (Wildman–Crippen LogP) is 4.22. The van der Waals surface area contributed by atoms with E-state index in [1.807, 2.05) is 32.9 Å². The van der Waals surface area contributed by atoms with Crippen LogP contribution in [-0.2, 0) is 16.4 Å². The number of benzene rings is 2. The summed E-state index contributed by atoms with van der Waals surface area (Å²) in [5.74, 6) is -3.44. The summed E-state index contributed by atoms with van der Waals surface area (Å²) >= 11 is 0. The standard InChI is InChI=1S/C17H19F2NO2S/c1-11-8-12(2)14(13(3)9-11)10-20-15-6-4-5-7-16(15)23(21,22)17(18)19/h4-9,17,20H,10H2,1-3H3. The van der Waals surface area contributed by atoms with Crippen LogP contribution in [0.25, 0.3) is 0 Å². The van der Waals surface area contributed by atoms with E-state index >= 15 is 0 Å². The molecule has 6 heteroatoms. The number of hydrogen-bond donors (Lipinski definition) is 1. The topological polar surface area (TPSA) is 46.2 Å². The van der Waals surface area contributed by atoms with Gasteiger partial charge >= 0.3 is 5.76 Å². The third kappa shape index (κ3) is 3.69. The molecule has 0 saturated carbocycles. The molecular formula is C17H19F2NO2S. The fourth-order valence-electron chi connectivity index (χ4n) is 2.63. The van der Waals surface area contributed by atoms with E-state index in [0.717, 1.165) is 22.3 Å². The van der Waals surface area contributed by atoms with Crippen molar-refractivity contribution >= 4 is 15.5 Å². The summed E-state index contributed by atoms with van der Waals surface area (Å²) in [6.45, 7) is 6.31. The Morgan fingerprint density at radius 2 is 1.61 bits per heavy atom. The van der Waals surface area contributed by atoms with Crippen LogP contribution in [0.15, 0.2) is 41.3 Å². The van der Waals surface area contributed by atoms with Crippen LogP contribution in [0.4, 0.5) is 14.5 Å². The molecule has 0 aliphatic heterocycles. The molecule has 0 heterocycles. The Bertz CT molecular complexity index is 794. The Kier molecular flexibility index (Phi) is 5.04. The molecule has 23 heavy (non-hydrogen) atoms. The van der Waals surface area contributed by atoms with Gasteiger partial charge in [0.2, 0.25) is 9.84 Å². The predicted molar refractivity (Wildman–Crippen MR) is 87.6 cm³/mol. The van der Waals surface area contributed by atoms with Crippen LogP contribution in [-0.4, -0.2) is 14.2 Å². The molecule has 2 aromatic rings. The Labute approximate surface area is 135 Å². The summed E-state index contributed by atoms with van der Waals surface area (Å²) in [5.41, 5.74) is 4.50. The zero-order valence-corrected chi connectivity index (χ0v) is 14.0. The maximum Gasteiger partial charge on any atom is 0.341 e. The van der Waals surface area contributed by atoms with Gasteiger partial charge in [0.15, 0.2) is 0 Å². The van der Waals surface area contributed by atoms with Crippen LogP contribution < -0.4 is 5.32 Å². The van der Waals surface area contributed by atoms with Gasteiger partial charge in [0, 0.05) is 6.54 Å². The highest BCUT2D eigenvalue weighted by Crippen LogP contribution is 2.27. The fraction of sp³-hybridized carbons (Fsp3) is 0.294. The minimum absolute atomic E-state index is 0.187. The lowest BCUT2D eigenvalue weighted by atomic mass is 10.00. The lowest BCUT2D eigenvalue weighted by molar-refractivity contribution is 0.235. The van der Waals surface area contributed by atoms with Crippen molar-refractivity contribution in [2.24, 2.45) is 0 Å². The van der Waals surface area contributed by atoms with Crippen LogP contribution in [0.2, 0.25) is 0 Å². The average Bonchev–Trinajstić information content (AvgIpc) is 2.46. The molecule has 0 aliphatic carbocycles. The van der Waals surface area contributed by atoms with Gasteiger partial charge in [0.05, 0.1) is 10.6 Å². The van der Waals surface area contributed by atoms with Gasteiger partial charge < -0.3 is 5.32 Å². The number of halogens is 2. The molecule has 0 spiro atoms. The van der Waals surface area contributed by atoms with E-state index < -0.39 is 15.6 Å². The number of hydrogen-bond acceptors (Lipinski definition) is 3. The summed E-state index contributed by atoms with van der Waals surface area (Å²) < 4.78 is 49.1. The first-order valence-electron chi connectivity index (χ1n) is 7.15. The average molecular weight is 339 g/mol. The van der Waals surface area contributed by atoms with Crippen LogP contribution >= 0.6 is 0 Å². The smallest absolute Gasteiger partial charge is 0.341 e. The summed E-state index contributed by atoms with van der Waals surface area (Å²) in [6, 6.07) is 9.80. The number of aryl methyl sites for hydroxylation is 3. The highest BCUT2D eigenvalue weighted by atomic mass is 32.2. The van der Waals surface area contributed by atoms with Crippen LogP contribution in [0.3, 0.4) is 0 Å². The molecule has 0 bridgehead atoms. The van der Waals surface area contributed by atoms with Crippen LogP contribution in [0.1, 0.15) is 22.3 Å². The summed E-state index contributed by atoms with van der Waals surface area (Å²) in [7, 11) is -4.63. The molecule has 0 amide bonds. The Morgan fingerprint density at radius 1 is 1.04 bits per heavy atom. The summed E-state index contributed by atoms with van der Waals surface area (Å²) in [6.07, 6.45) is 0. The fourth-order valence-corrected chi connectivity index (χ4v) is 3.54. The van der Waals surface area contributed by atoms with E-state index in [4.69, 9.17) is 0 Å². The second kappa shape index (κ2) is 6.66. The summed E-state index contributed by atoms with van der Waals surface area (Å²) in [5, 5.41) is 2.98. The van der Waals surface area contributed by atoms with Crippen molar-refractivity contribution in [1.29, 1.82) is 0 Å². The van der Waals surface area contributed by atoms with E-state index in [-0.39, 0.29) is 10.6 Å². The molecule has 3 nitrogen and oxygen atoms in total. The van der Waals surface area contributed by atoms with Gasteiger partial charge in [-0.3, -0.25) is 0 Å². The highest BCUT2D eigenvalue weighted by Gasteiger charge is 2.28. The number of rotatable bonds is 5. The molecule has 124 valence electrons. The molecule has 2 rings (SSSR count). The molecule has 0 saturated heterocycles. The van der Waals surface area contributed by atoms with Gasteiger partial charge in [-0.05, 0) is 49.6 Å². The minimum atomic E-state index is -4.63. The molecule has 1 N–H and O–H groups in total. The molecule has 0 aliphatic rings. The second-order valence-electron chi connectivity index (χ2n) is 5.53. The first-order valence-corrected chi connectivity index (χ1v) is 8.70. The van der Waals surface area contributed by atoms with Gasteiger partial charge in [-0.15, -0.1) is 0 Å². The van der Waals surface area contributed by atoms with Crippen molar-refractivity contribution in [3.8, 4) is 0 Å². The van der Waals surface area contributed by atoms with Gasteiger partial charge in [-0.2, -0.15) is 8.78 Å². The van der Waals surface area contributed by atoms with Crippen molar-refractivity contribution < 1.29 is 17.2 Å². The van der Waals surface area contributed by atoms with E-state index in [1.165, 1.54) is 18.2 Å². The van der Waals surface area contributed by atoms with Crippen molar-refractivity contribution in [3.63, 3.8) is 0 Å². The highest BCUT2D eigenvalue weighted by molar-refractivity contribution is 7.91. The van der Waals surface area contributed by atoms with Gasteiger partial charge in [0.1, 0.15) is 0 Å². The number of nitrogens with one attached hydrogen (secondary N) is 1. The molecule has 0 aromatic heterocycles. The van der Waals surface area contributed by atoms with E-state index in [2.05, 4.69) is 5.32 Å². The zero-order chi connectivity index (χ0) is 17.2. The van der Waals surface area contributed by atoms with Crippen LogP contribution in [0, 0.1) is 20.8 Å². The molecular weight excluding hydrogens is 320 g/mol. The summed E-state index contributed by atoms with van der Waals surface area (Å²) in [4.78, 5) is -0.377. The van der Waals surface area contributed by atoms with Gasteiger partial charge in [-0.25, -0.2) is 8.42 Å². The maximum atomic E-state index is 12.8. The number of anilines is 1. The third-order valence-electron chi connectivity index (χ3n) is 3.72. The van der Waals surface area contributed by atoms with Gasteiger partial charge in [0.25, 0.3) is 0 Å². The van der Waals surface area contributed by atoms with E-state index in [0.29, 0.717) is 6.54 Å². The molecule has 0 atom stereocenters. The lowest BCUT2D eigenvalue weighted by Crippen LogP contribution is -2.14. The molecule has 2 aromatic carbocycles. The van der Waals surface area contributed by atoms with Crippen molar-refractivity contribution in [2.45, 2.75) is 38.0 Å². The Hall–Kier alpha value is -1.95.